The van der Waals surface area contributed by atoms with Gasteiger partial charge in [-0.25, -0.2) is 17.8 Å². The third kappa shape index (κ3) is 2.93. The van der Waals surface area contributed by atoms with Crippen molar-refractivity contribution in [2.24, 2.45) is 0 Å². The van der Waals surface area contributed by atoms with Crippen LogP contribution in [-0.4, -0.2) is 23.7 Å². The van der Waals surface area contributed by atoms with E-state index in [1.165, 1.54) is 6.07 Å². The van der Waals surface area contributed by atoms with Crippen molar-refractivity contribution in [1.82, 2.24) is 9.55 Å². The molecule has 0 spiro atoms. The molecule has 0 atom stereocenters. The van der Waals surface area contributed by atoms with Crippen molar-refractivity contribution in [3.63, 3.8) is 0 Å². The van der Waals surface area contributed by atoms with Gasteiger partial charge in [0.15, 0.2) is 9.84 Å². The number of anilines is 1. The van der Waals surface area contributed by atoms with Crippen molar-refractivity contribution in [3.05, 3.63) is 42.2 Å². The summed E-state index contributed by atoms with van der Waals surface area (Å²) in [5.74, 6) is 0.0733. The predicted molar refractivity (Wildman–Crippen MR) is 69.8 cm³/mol. The fraction of sp³-hybridized carbons (Fsp3) is 0.250. The van der Waals surface area contributed by atoms with Gasteiger partial charge < -0.3 is 10.3 Å². The third-order valence-electron chi connectivity index (χ3n) is 2.83. The Morgan fingerprint density at radius 2 is 2.16 bits per heavy atom. The molecule has 2 aromatic rings. The van der Waals surface area contributed by atoms with Crippen LogP contribution in [-0.2, 0) is 16.4 Å². The van der Waals surface area contributed by atoms with Crippen LogP contribution in [0.2, 0.25) is 0 Å². The molecule has 0 fully saturated rings. The van der Waals surface area contributed by atoms with Gasteiger partial charge in [-0.2, -0.15) is 0 Å². The first kappa shape index (κ1) is 13.5. The summed E-state index contributed by atoms with van der Waals surface area (Å²) in [5, 5.41) is 0. The van der Waals surface area contributed by atoms with E-state index in [1.807, 2.05) is 0 Å². The number of benzene rings is 1. The Morgan fingerprint density at radius 3 is 2.74 bits per heavy atom. The zero-order valence-electron chi connectivity index (χ0n) is 10.4. The monoisotopic (exact) mass is 283 g/mol. The molecular formula is C12H14FN3O2S. The normalized spacial score (nSPS) is 11.7. The van der Waals surface area contributed by atoms with Gasteiger partial charge in [0.2, 0.25) is 0 Å². The maximum Gasteiger partial charge on any atom is 0.182 e. The average Bonchev–Trinajstić information content (AvgIpc) is 2.72. The summed E-state index contributed by atoms with van der Waals surface area (Å²) < 4.78 is 38.9. The SMILES string of the molecule is Cc1nccn1CCS(=O)(=O)c1ccc(F)cc1N. The van der Waals surface area contributed by atoms with Crippen molar-refractivity contribution < 1.29 is 12.8 Å². The van der Waals surface area contributed by atoms with Crippen molar-refractivity contribution in [3.8, 4) is 0 Å². The molecule has 0 unspecified atom stereocenters. The predicted octanol–water partition coefficient (Wildman–Crippen LogP) is 1.39. The first-order valence-electron chi connectivity index (χ1n) is 5.65. The number of nitrogen functional groups attached to an aromatic ring is 1. The van der Waals surface area contributed by atoms with Gasteiger partial charge in [-0.3, -0.25) is 0 Å². The minimum absolute atomic E-state index is 0.0355. The van der Waals surface area contributed by atoms with Crippen molar-refractivity contribution in [2.45, 2.75) is 18.4 Å². The molecule has 0 aliphatic rings. The summed E-state index contributed by atoms with van der Waals surface area (Å²) in [6.07, 6.45) is 3.31. The number of aryl methyl sites for hydroxylation is 2. The Kier molecular flexibility index (Phi) is 3.57. The molecular weight excluding hydrogens is 269 g/mol. The van der Waals surface area contributed by atoms with Crippen LogP contribution in [0.1, 0.15) is 5.82 Å². The molecule has 0 aliphatic carbocycles. The summed E-state index contributed by atoms with van der Waals surface area (Å²) >= 11 is 0. The van der Waals surface area contributed by atoms with E-state index in [0.717, 1.165) is 18.0 Å². The number of hydrogen-bond acceptors (Lipinski definition) is 4. The molecule has 1 aromatic heterocycles. The number of nitrogens with two attached hydrogens (primary N) is 1. The minimum atomic E-state index is -3.54. The summed E-state index contributed by atoms with van der Waals surface area (Å²) in [7, 11) is -3.54. The van der Waals surface area contributed by atoms with Gasteiger partial charge in [0, 0.05) is 18.9 Å². The largest absolute Gasteiger partial charge is 0.398 e. The van der Waals surface area contributed by atoms with Crippen LogP contribution >= 0.6 is 0 Å². The lowest BCUT2D eigenvalue weighted by molar-refractivity contribution is 0.587. The summed E-state index contributed by atoms with van der Waals surface area (Å²) in [6.45, 7) is 2.07. The number of imidazole rings is 1. The Bertz CT molecular complexity index is 695. The second-order valence-electron chi connectivity index (χ2n) is 4.17. The van der Waals surface area contributed by atoms with E-state index in [-0.39, 0.29) is 22.9 Å². The lowest BCUT2D eigenvalue weighted by Crippen LogP contribution is -2.15. The quantitative estimate of drug-likeness (QED) is 0.679. The molecule has 0 saturated carbocycles. The summed E-state index contributed by atoms with van der Waals surface area (Å²) in [6, 6.07) is 3.29. The molecule has 1 heterocycles. The third-order valence-corrected chi connectivity index (χ3v) is 4.59. The highest BCUT2D eigenvalue weighted by Crippen LogP contribution is 2.20. The molecule has 2 rings (SSSR count). The van der Waals surface area contributed by atoms with Crippen LogP contribution in [0, 0.1) is 12.7 Å². The first-order chi connectivity index (χ1) is 8.90. The van der Waals surface area contributed by atoms with Gasteiger partial charge in [0.25, 0.3) is 0 Å². The number of sulfone groups is 1. The second-order valence-corrected chi connectivity index (χ2v) is 6.25. The van der Waals surface area contributed by atoms with Crippen molar-refractivity contribution in [2.75, 3.05) is 11.5 Å². The Morgan fingerprint density at radius 1 is 1.42 bits per heavy atom. The van der Waals surface area contributed by atoms with Crippen molar-refractivity contribution >= 4 is 15.5 Å². The highest BCUT2D eigenvalue weighted by molar-refractivity contribution is 7.91. The molecule has 7 heteroatoms. The van der Waals surface area contributed by atoms with Crippen LogP contribution in [0.25, 0.3) is 0 Å². The lowest BCUT2D eigenvalue weighted by atomic mass is 10.3. The average molecular weight is 283 g/mol. The summed E-state index contributed by atoms with van der Waals surface area (Å²) in [4.78, 5) is 3.98. The van der Waals surface area contributed by atoms with Gasteiger partial charge in [-0.05, 0) is 25.1 Å². The number of nitrogens with zero attached hydrogens (tertiary/aromatic N) is 2. The van der Waals surface area contributed by atoms with Crippen LogP contribution in [0.5, 0.6) is 0 Å². The van der Waals surface area contributed by atoms with E-state index in [0.29, 0.717) is 0 Å². The van der Waals surface area contributed by atoms with Gasteiger partial charge in [0.1, 0.15) is 11.6 Å². The molecule has 0 aliphatic heterocycles. The molecule has 19 heavy (non-hydrogen) atoms. The molecule has 2 N–H and O–H groups in total. The topological polar surface area (TPSA) is 78.0 Å². The van der Waals surface area contributed by atoms with Crippen LogP contribution in [0.3, 0.4) is 0 Å². The number of halogens is 1. The molecule has 102 valence electrons. The van der Waals surface area contributed by atoms with Gasteiger partial charge in [-0.15, -0.1) is 0 Å². The molecule has 0 bridgehead atoms. The summed E-state index contributed by atoms with van der Waals surface area (Å²) in [5.41, 5.74) is 5.48. The van der Waals surface area contributed by atoms with Gasteiger partial charge in [0.05, 0.1) is 16.3 Å². The maximum atomic E-state index is 12.9. The van der Waals surface area contributed by atoms with E-state index in [1.54, 1.807) is 23.9 Å². The van der Waals surface area contributed by atoms with Crippen LogP contribution in [0.4, 0.5) is 10.1 Å². The van der Waals surface area contributed by atoms with Gasteiger partial charge >= 0.3 is 0 Å². The smallest absolute Gasteiger partial charge is 0.182 e. The molecule has 1 aromatic carbocycles. The standard InChI is InChI=1S/C12H14FN3O2S/c1-9-15-4-5-16(9)6-7-19(17,18)12-3-2-10(13)8-11(12)14/h2-5,8H,6-7,14H2,1H3. The highest BCUT2D eigenvalue weighted by atomic mass is 32.2. The lowest BCUT2D eigenvalue weighted by Gasteiger charge is -2.09. The first-order valence-corrected chi connectivity index (χ1v) is 7.31. The minimum Gasteiger partial charge on any atom is -0.398 e. The molecule has 0 saturated heterocycles. The van der Waals surface area contributed by atoms with E-state index >= 15 is 0 Å². The van der Waals surface area contributed by atoms with E-state index in [2.05, 4.69) is 4.98 Å². The Balaban J connectivity index is 2.21. The number of aromatic nitrogens is 2. The van der Waals surface area contributed by atoms with Crippen LogP contribution in [0.15, 0.2) is 35.5 Å². The molecule has 5 nitrogen and oxygen atoms in total. The Hall–Kier alpha value is -1.89. The highest BCUT2D eigenvalue weighted by Gasteiger charge is 2.18. The Labute approximate surface area is 110 Å². The van der Waals surface area contributed by atoms with Crippen molar-refractivity contribution in [1.29, 1.82) is 0 Å². The van der Waals surface area contributed by atoms with Crippen LogP contribution < -0.4 is 5.73 Å². The zero-order chi connectivity index (χ0) is 14.0. The van der Waals surface area contributed by atoms with Gasteiger partial charge in [-0.1, -0.05) is 0 Å². The molecule has 0 radical (unpaired) electrons. The second kappa shape index (κ2) is 5.00. The molecule has 0 amide bonds. The fourth-order valence-electron chi connectivity index (χ4n) is 1.77. The maximum absolute atomic E-state index is 12.9. The number of hydrogen-bond donors (Lipinski definition) is 1. The number of rotatable bonds is 4. The zero-order valence-corrected chi connectivity index (χ0v) is 11.2. The van der Waals surface area contributed by atoms with E-state index in [4.69, 9.17) is 5.73 Å². The fourth-order valence-corrected chi connectivity index (χ4v) is 3.12. The van der Waals surface area contributed by atoms with E-state index in [9.17, 15) is 12.8 Å². The van der Waals surface area contributed by atoms with E-state index < -0.39 is 15.7 Å².